The van der Waals surface area contributed by atoms with Crippen molar-refractivity contribution in [1.29, 1.82) is 0 Å². The molecule has 0 aliphatic carbocycles. The van der Waals surface area contributed by atoms with Gasteiger partial charge < -0.3 is 15.4 Å². The van der Waals surface area contributed by atoms with E-state index in [4.69, 9.17) is 10.5 Å². The first-order valence-corrected chi connectivity index (χ1v) is 7.57. The Balaban J connectivity index is 1.91. The van der Waals surface area contributed by atoms with Gasteiger partial charge in [0.2, 0.25) is 11.8 Å². The van der Waals surface area contributed by atoms with Gasteiger partial charge in [0, 0.05) is 13.1 Å². The molecule has 0 radical (unpaired) electrons. The number of hydrogen-bond acceptors (Lipinski definition) is 4. The van der Waals surface area contributed by atoms with Crippen LogP contribution in [0.3, 0.4) is 0 Å². The van der Waals surface area contributed by atoms with E-state index in [0.717, 1.165) is 17.7 Å². The zero-order chi connectivity index (χ0) is 16.8. The first-order chi connectivity index (χ1) is 11.0. The molecule has 0 fully saturated rings. The number of methoxy groups -OCH3 is 1. The summed E-state index contributed by atoms with van der Waals surface area (Å²) in [5.41, 5.74) is 7.52. The minimum absolute atomic E-state index is 0.0128. The maximum absolute atomic E-state index is 12.2. The standard InChI is InChI=1S/C17H23N3O3/c1-19(11-16(18)21)12-17(22)20-9-7-14(8-10-20)13-3-5-15(23-2)6-4-13/h3-7H,8-12H2,1-2H3,(H2,18,21). The van der Waals surface area contributed by atoms with Crippen LogP contribution in [0, 0.1) is 0 Å². The molecule has 1 aliphatic rings. The Morgan fingerprint density at radius 3 is 2.48 bits per heavy atom. The fraction of sp³-hybridized carbons (Fsp3) is 0.412. The lowest BCUT2D eigenvalue weighted by atomic mass is 9.99. The van der Waals surface area contributed by atoms with Gasteiger partial charge in [-0.05, 0) is 36.7 Å². The van der Waals surface area contributed by atoms with Gasteiger partial charge in [-0.2, -0.15) is 0 Å². The summed E-state index contributed by atoms with van der Waals surface area (Å²) >= 11 is 0. The number of likely N-dealkylation sites (N-methyl/N-ethyl adjacent to an activating group) is 1. The molecular formula is C17H23N3O3. The number of ether oxygens (including phenoxy) is 1. The minimum Gasteiger partial charge on any atom is -0.497 e. The maximum Gasteiger partial charge on any atom is 0.237 e. The summed E-state index contributed by atoms with van der Waals surface area (Å²) in [4.78, 5) is 26.5. The summed E-state index contributed by atoms with van der Waals surface area (Å²) in [5.74, 6) is 0.416. The van der Waals surface area contributed by atoms with Crippen LogP contribution < -0.4 is 10.5 Å². The third kappa shape index (κ3) is 4.82. The van der Waals surface area contributed by atoms with Crippen molar-refractivity contribution < 1.29 is 14.3 Å². The van der Waals surface area contributed by atoms with E-state index in [1.54, 1.807) is 24.0 Å². The molecule has 2 N–H and O–H groups in total. The number of carbonyl (C=O) groups excluding carboxylic acids is 2. The predicted octanol–water partition coefficient (Wildman–Crippen LogP) is 0.728. The van der Waals surface area contributed by atoms with Gasteiger partial charge in [0.25, 0.3) is 0 Å². The van der Waals surface area contributed by atoms with Crippen LogP contribution in [0.5, 0.6) is 5.75 Å². The van der Waals surface area contributed by atoms with Crippen molar-refractivity contribution in [3.8, 4) is 5.75 Å². The molecule has 0 unspecified atom stereocenters. The Bertz CT molecular complexity index is 596. The monoisotopic (exact) mass is 317 g/mol. The molecule has 0 saturated carbocycles. The second-order valence-electron chi connectivity index (χ2n) is 5.69. The second kappa shape index (κ2) is 7.78. The van der Waals surface area contributed by atoms with Crippen LogP contribution in [0.4, 0.5) is 0 Å². The molecule has 6 nitrogen and oxygen atoms in total. The van der Waals surface area contributed by atoms with E-state index < -0.39 is 5.91 Å². The van der Waals surface area contributed by atoms with Gasteiger partial charge in [0.15, 0.2) is 0 Å². The molecule has 1 aromatic rings. The Kier molecular flexibility index (Phi) is 5.76. The van der Waals surface area contributed by atoms with Crippen LogP contribution in [0.1, 0.15) is 12.0 Å². The molecule has 124 valence electrons. The molecule has 1 aliphatic heterocycles. The summed E-state index contributed by atoms with van der Waals surface area (Å²) in [5, 5.41) is 0. The van der Waals surface area contributed by atoms with Crippen LogP contribution in [0.25, 0.3) is 5.57 Å². The fourth-order valence-electron chi connectivity index (χ4n) is 2.62. The van der Waals surface area contributed by atoms with Crippen LogP contribution in [-0.2, 0) is 9.59 Å². The van der Waals surface area contributed by atoms with Crippen molar-refractivity contribution in [1.82, 2.24) is 9.80 Å². The fourth-order valence-corrected chi connectivity index (χ4v) is 2.62. The number of hydrogen-bond donors (Lipinski definition) is 1. The van der Waals surface area contributed by atoms with Gasteiger partial charge in [-0.25, -0.2) is 0 Å². The minimum atomic E-state index is -0.430. The van der Waals surface area contributed by atoms with E-state index in [0.29, 0.717) is 13.1 Å². The number of benzene rings is 1. The summed E-state index contributed by atoms with van der Waals surface area (Å²) in [6.07, 6.45) is 2.90. The first kappa shape index (κ1) is 17.0. The smallest absolute Gasteiger partial charge is 0.237 e. The molecule has 2 rings (SSSR count). The highest BCUT2D eigenvalue weighted by atomic mass is 16.5. The molecule has 1 aromatic carbocycles. The molecule has 0 aromatic heterocycles. The number of carbonyl (C=O) groups is 2. The molecule has 0 bridgehead atoms. The third-order valence-corrected chi connectivity index (χ3v) is 3.85. The highest BCUT2D eigenvalue weighted by Crippen LogP contribution is 2.24. The second-order valence-corrected chi connectivity index (χ2v) is 5.69. The number of nitrogens with zero attached hydrogens (tertiary/aromatic N) is 2. The Morgan fingerprint density at radius 2 is 1.96 bits per heavy atom. The van der Waals surface area contributed by atoms with Gasteiger partial charge >= 0.3 is 0 Å². The average Bonchev–Trinajstić information content (AvgIpc) is 2.54. The number of primary amides is 1. The number of nitrogens with two attached hydrogens (primary N) is 1. The van der Waals surface area contributed by atoms with Gasteiger partial charge in [0.05, 0.1) is 20.2 Å². The molecule has 1 heterocycles. The van der Waals surface area contributed by atoms with E-state index in [2.05, 4.69) is 6.08 Å². The zero-order valence-corrected chi connectivity index (χ0v) is 13.6. The normalized spacial score (nSPS) is 14.6. The van der Waals surface area contributed by atoms with E-state index in [-0.39, 0.29) is 19.0 Å². The molecule has 0 atom stereocenters. The lowest BCUT2D eigenvalue weighted by molar-refractivity contribution is -0.132. The van der Waals surface area contributed by atoms with Gasteiger partial charge in [-0.15, -0.1) is 0 Å². The highest BCUT2D eigenvalue weighted by Gasteiger charge is 2.19. The summed E-state index contributed by atoms with van der Waals surface area (Å²) in [7, 11) is 3.36. The molecule has 6 heteroatoms. The van der Waals surface area contributed by atoms with Crippen LogP contribution in [0.15, 0.2) is 30.3 Å². The van der Waals surface area contributed by atoms with Crippen molar-refractivity contribution in [2.24, 2.45) is 5.73 Å². The van der Waals surface area contributed by atoms with Crippen molar-refractivity contribution >= 4 is 17.4 Å². The number of amides is 2. The predicted molar refractivity (Wildman–Crippen MR) is 88.9 cm³/mol. The lowest BCUT2D eigenvalue weighted by Crippen LogP contribution is -2.43. The van der Waals surface area contributed by atoms with Gasteiger partial charge in [-0.1, -0.05) is 18.2 Å². The van der Waals surface area contributed by atoms with Crippen LogP contribution in [0.2, 0.25) is 0 Å². The van der Waals surface area contributed by atoms with E-state index >= 15 is 0 Å². The Morgan fingerprint density at radius 1 is 1.26 bits per heavy atom. The average molecular weight is 317 g/mol. The molecule has 23 heavy (non-hydrogen) atoms. The molecule has 0 spiro atoms. The van der Waals surface area contributed by atoms with Gasteiger partial charge in [0.1, 0.15) is 5.75 Å². The largest absolute Gasteiger partial charge is 0.497 e. The van der Waals surface area contributed by atoms with Crippen molar-refractivity contribution in [2.45, 2.75) is 6.42 Å². The lowest BCUT2D eigenvalue weighted by Gasteiger charge is -2.28. The number of rotatable bonds is 6. The zero-order valence-electron chi connectivity index (χ0n) is 13.6. The summed E-state index contributed by atoms with van der Waals surface area (Å²) in [6, 6.07) is 7.94. The summed E-state index contributed by atoms with van der Waals surface area (Å²) < 4.78 is 5.16. The molecule has 2 amide bonds. The van der Waals surface area contributed by atoms with Crippen molar-refractivity contribution in [3.63, 3.8) is 0 Å². The first-order valence-electron chi connectivity index (χ1n) is 7.57. The van der Waals surface area contributed by atoms with E-state index in [9.17, 15) is 9.59 Å². The SMILES string of the molecule is COc1ccc(C2=CCN(C(=O)CN(C)CC(N)=O)CC2)cc1. The van der Waals surface area contributed by atoms with Crippen molar-refractivity contribution in [3.05, 3.63) is 35.9 Å². The molecule has 0 saturated heterocycles. The van der Waals surface area contributed by atoms with Crippen LogP contribution in [-0.4, -0.2) is 62.0 Å². The Labute approximate surface area is 136 Å². The summed E-state index contributed by atoms with van der Waals surface area (Å²) in [6.45, 7) is 1.56. The van der Waals surface area contributed by atoms with Crippen LogP contribution >= 0.6 is 0 Å². The van der Waals surface area contributed by atoms with E-state index in [1.807, 2.05) is 24.3 Å². The third-order valence-electron chi connectivity index (χ3n) is 3.85. The van der Waals surface area contributed by atoms with E-state index in [1.165, 1.54) is 5.57 Å². The topological polar surface area (TPSA) is 75.9 Å². The maximum atomic E-state index is 12.2. The van der Waals surface area contributed by atoms with Gasteiger partial charge in [-0.3, -0.25) is 14.5 Å². The highest BCUT2D eigenvalue weighted by molar-refractivity contribution is 5.81. The molecular weight excluding hydrogens is 294 g/mol. The Hall–Kier alpha value is -2.34. The quantitative estimate of drug-likeness (QED) is 0.839. The van der Waals surface area contributed by atoms with Crippen molar-refractivity contribution in [2.75, 3.05) is 40.3 Å².